The van der Waals surface area contributed by atoms with Crippen LogP contribution in [0.4, 0.5) is 4.79 Å². The van der Waals surface area contributed by atoms with Gasteiger partial charge in [-0.1, -0.05) is 0 Å². The number of hydrogen-bond donors (Lipinski definition) is 2. The van der Waals surface area contributed by atoms with E-state index in [1.807, 2.05) is 26.2 Å². The Labute approximate surface area is 122 Å². The number of carboxylic acids is 1. The van der Waals surface area contributed by atoms with E-state index in [0.717, 1.165) is 5.01 Å². The van der Waals surface area contributed by atoms with Crippen LogP contribution in [-0.2, 0) is 11.2 Å². The summed E-state index contributed by atoms with van der Waals surface area (Å²) in [7, 11) is 0. The lowest BCUT2D eigenvalue weighted by atomic mass is 10.1. The number of nitrogens with one attached hydrogen (secondary N) is 1. The molecule has 0 fully saturated rings. The molecule has 0 aliphatic carbocycles. The highest BCUT2D eigenvalue weighted by Gasteiger charge is 2.26. The third-order valence-electron chi connectivity index (χ3n) is 2.70. The van der Waals surface area contributed by atoms with Crippen LogP contribution in [0.2, 0.25) is 0 Å². The van der Waals surface area contributed by atoms with Gasteiger partial charge in [-0.05, 0) is 20.8 Å². The number of hydrogen-bond acceptors (Lipinski definition) is 4. The van der Waals surface area contributed by atoms with E-state index in [9.17, 15) is 9.59 Å². The lowest BCUT2D eigenvalue weighted by Gasteiger charge is -2.35. The number of nitrogens with zero attached hydrogens (tertiary/aromatic N) is 2. The van der Waals surface area contributed by atoms with Gasteiger partial charge in [0.15, 0.2) is 0 Å². The van der Waals surface area contributed by atoms with E-state index in [2.05, 4.69) is 10.3 Å². The maximum atomic E-state index is 12.1. The Balaban J connectivity index is 2.48. The van der Waals surface area contributed by atoms with E-state index in [1.165, 1.54) is 0 Å². The summed E-state index contributed by atoms with van der Waals surface area (Å²) in [5.41, 5.74) is -0.416. The van der Waals surface area contributed by atoms with Crippen LogP contribution >= 0.6 is 11.3 Å². The van der Waals surface area contributed by atoms with Gasteiger partial charge in [-0.25, -0.2) is 9.78 Å². The minimum absolute atomic E-state index is 0.0584. The van der Waals surface area contributed by atoms with Crippen molar-refractivity contribution in [2.75, 3.05) is 13.1 Å². The minimum atomic E-state index is -0.908. The number of carbonyl (C=O) groups is 2. The maximum Gasteiger partial charge on any atom is 0.317 e. The minimum Gasteiger partial charge on any atom is -0.481 e. The summed E-state index contributed by atoms with van der Waals surface area (Å²) in [5.74, 6) is -0.908. The molecule has 1 heterocycles. The Hall–Kier alpha value is -1.63. The zero-order valence-corrected chi connectivity index (χ0v) is 12.9. The van der Waals surface area contributed by atoms with Gasteiger partial charge in [-0.3, -0.25) is 4.79 Å². The molecule has 0 spiro atoms. The fraction of sp³-hybridized carbons (Fsp3) is 0.615. The van der Waals surface area contributed by atoms with Gasteiger partial charge in [0.1, 0.15) is 0 Å². The van der Waals surface area contributed by atoms with Crippen LogP contribution in [0.25, 0.3) is 0 Å². The lowest BCUT2D eigenvalue weighted by molar-refractivity contribution is -0.137. The summed E-state index contributed by atoms with van der Waals surface area (Å²) in [6.07, 6.45) is 2.35. The average molecular weight is 299 g/mol. The van der Waals surface area contributed by atoms with Crippen molar-refractivity contribution in [3.8, 4) is 0 Å². The van der Waals surface area contributed by atoms with Gasteiger partial charge in [0, 0.05) is 36.6 Å². The predicted molar refractivity (Wildman–Crippen MR) is 77.9 cm³/mol. The molecular formula is C13H21N3O3S. The standard InChI is InChI=1S/C13H21N3O3S/c1-13(2,3)16(8-5-11(17)18)12(19)15-6-4-10-14-7-9-20-10/h7,9H,4-6,8H2,1-3H3,(H,15,19)(H,17,18). The molecule has 1 rings (SSSR count). The largest absolute Gasteiger partial charge is 0.481 e. The van der Waals surface area contributed by atoms with Gasteiger partial charge in [0.25, 0.3) is 0 Å². The van der Waals surface area contributed by atoms with Crippen LogP contribution in [0.1, 0.15) is 32.2 Å². The molecule has 0 aromatic carbocycles. The molecule has 2 N–H and O–H groups in total. The molecule has 2 amide bonds. The molecule has 0 saturated carbocycles. The molecule has 0 radical (unpaired) electrons. The van der Waals surface area contributed by atoms with Gasteiger partial charge in [-0.2, -0.15) is 0 Å². The van der Waals surface area contributed by atoms with E-state index in [1.54, 1.807) is 22.4 Å². The zero-order chi connectivity index (χ0) is 15.2. The molecular weight excluding hydrogens is 278 g/mol. The van der Waals surface area contributed by atoms with Crippen LogP contribution in [0.15, 0.2) is 11.6 Å². The summed E-state index contributed by atoms with van der Waals surface area (Å²) < 4.78 is 0. The van der Waals surface area contributed by atoms with Crippen molar-refractivity contribution >= 4 is 23.3 Å². The fourth-order valence-electron chi connectivity index (χ4n) is 1.70. The summed E-state index contributed by atoms with van der Waals surface area (Å²) >= 11 is 1.55. The monoisotopic (exact) mass is 299 g/mol. The molecule has 112 valence electrons. The second kappa shape index (κ2) is 7.23. The van der Waals surface area contributed by atoms with E-state index in [-0.39, 0.29) is 19.0 Å². The first-order valence-electron chi connectivity index (χ1n) is 6.46. The Morgan fingerprint density at radius 1 is 1.45 bits per heavy atom. The molecule has 1 aromatic heterocycles. The van der Waals surface area contributed by atoms with Gasteiger partial charge in [0.2, 0.25) is 0 Å². The van der Waals surface area contributed by atoms with E-state index in [0.29, 0.717) is 13.0 Å². The molecule has 0 aliphatic rings. The molecule has 0 unspecified atom stereocenters. The van der Waals surface area contributed by atoms with Crippen molar-refractivity contribution in [3.63, 3.8) is 0 Å². The van der Waals surface area contributed by atoms with Crippen LogP contribution in [0.3, 0.4) is 0 Å². The number of thiazole rings is 1. The number of amides is 2. The van der Waals surface area contributed by atoms with Crippen molar-refractivity contribution in [1.29, 1.82) is 0 Å². The first kappa shape index (κ1) is 16.4. The number of aliphatic carboxylic acids is 1. The van der Waals surface area contributed by atoms with Gasteiger partial charge >= 0.3 is 12.0 Å². The molecule has 0 atom stereocenters. The van der Waals surface area contributed by atoms with Gasteiger partial charge in [0.05, 0.1) is 11.4 Å². The topological polar surface area (TPSA) is 82.5 Å². The number of carbonyl (C=O) groups excluding carboxylic acids is 1. The number of rotatable bonds is 6. The van der Waals surface area contributed by atoms with Crippen LogP contribution in [0, 0.1) is 0 Å². The van der Waals surface area contributed by atoms with Gasteiger partial charge in [-0.15, -0.1) is 11.3 Å². The molecule has 6 nitrogen and oxygen atoms in total. The molecule has 0 saturated heterocycles. The van der Waals surface area contributed by atoms with Crippen LogP contribution in [0.5, 0.6) is 0 Å². The van der Waals surface area contributed by atoms with Crippen molar-refractivity contribution in [1.82, 2.24) is 15.2 Å². The molecule has 7 heteroatoms. The second-order valence-corrected chi connectivity index (χ2v) is 6.35. The smallest absolute Gasteiger partial charge is 0.317 e. The number of aromatic nitrogens is 1. The fourth-order valence-corrected chi connectivity index (χ4v) is 2.32. The van der Waals surface area contributed by atoms with Gasteiger partial charge < -0.3 is 15.3 Å². The van der Waals surface area contributed by atoms with E-state index < -0.39 is 11.5 Å². The first-order chi connectivity index (χ1) is 9.30. The van der Waals surface area contributed by atoms with Crippen molar-refractivity contribution in [2.45, 2.75) is 39.2 Å². The average Bonchev–Trinajstić information content (AvgIpc) is 2.79. The van der Waals surface area contributed by atoms with Crippen LogP contribution < -0.4 is 5.32 Å². The molecule has 20 heavy (non-hydrogen) atoms. The van der Waals surface area contributed by atoms with Crippen LogP contribution in [-0.4, -0.2) is 45.6 Å². The van der Waals surface area contributed by atoms with E-state index in [4.69, 9.17) is 5.11 Å². The Bertz CT molecular complexity index is 440. The maximum absolute atomic E-state index is 12.1. The van der Waals surface area contributed by atoms with Crippen molar-refractivity contribution in [3.05, 3.63) is 16.6 Å². The Morgan fingerprint density at radius 3 is 2.65 bits per heavy atom. The zero-order valence-electron chi connectivity index (χ0n) is 12.0. The SMILES string of the molecule is CC(C)(C)N(CCC(=O)O)C(=O)NCCc1nccs1. The molecule has 0 bridgehead atoms. The normalized spacial score (nSPS) is 11.2. The highest BCUT2D eigenvalue weighted by Crippen LogP contribution is 2.14. The number of carboxylic acid groups (broad SMARTS) is 1. The Kier molecular flexibility index (Phi) is 5.94. The quantitative estimate of drug-likeness (QED) is 0.841. The predicted octanol–water partition coefficient (Wildman–Crippen LogP) is 1.97. The van der Waals surface area contributed by atoms with Crippen molar-refractivity contribution in [2.24, 2.45) is 0 Å². The third-order valence-corrected chi connectivity index (χ3v) is 3.54. The highest BCUT2D eigenvalue weighted by atomic mass is 32.1. The molecule has 0 aliphatic heterocycles. The Morgan fingerprint density at radius 2 is 2.15 bits per heavy atom. The summed E-state index contributed by atoms with van der Waals surface area (Å²) in [6.45, 7) is 6.34. The number of urea groups is 1. The summed E-state index contributed by atoms with van der Waals surface area (Å²) in [5, 5.41) is 14.4. The first-order valence-corrected chi connectivity index (χ1v) is 7.34. The second-order valence-electron chi connectivity index (χ2n) is 5.37. The lowest BCUT2D eigenvalue weighted by Crippen LogP contribution is -2.51. The molecule has 1 aromatic rings. The third kappa shape index (κ3) is 5.56. The van der Waals surface area contributed by atoms with E-state index >= 15 is 0 Å². The summed E-state index contributed by atoms with van der Waals surface area (Å²) in [6, 6.07) is -0.240. The summed E-state index contributed by atoms with van der Waals surface area (Å²) in [4.78, 5) is 28.5. The highest BCUT2D eigenvalue weighted by molar-refractivity contribution is 7.09. The van der Waals surface area contributed by atoms with Crippen molar-refractivity contribution < 1.29 is 14.7 Å².